The fourth-order valence-corrected chi connectivity index (χ4v) is 2.12. The second-order valence-electron chi connectivity index (χ2n) is 4.03. The SMILES string of the molecule is COCCCn1nccc1-c1ccc(N)cc1Cl. The average Bonchev–Trinajstić information content (AvgIpc) is 2.78. The maximum absolute atomic E-state index is 6.21. The van der Waals surface area contributed by atoms with Crippen molar-refractivity contribution in [1.82, 2.24) is 9.78 Å². The first-order valence-corrected chi connectivity index (χ1v) is 6.16. The molecule has 0 spiro atoms. The molecule has 18 heavy (non-hydrogen) atoms. The normalized spacial score (nSPS) is 10.8. The summed E-state index contributed by atoms with van der Waals surface area (Å²) < 4.78 is 6.97. The van der Waals surface area contributed by atoms with Crippen LogP contribution in [0.1, 0.15) is 6.42 Å². The highest BCUT2D eigenvalue weighted by molar-refractivity contribution is 6.33. The molecule has 4 nitrogen and oxygen atoms in total. The van der Waals surface area contributed by atoms with Gasteiger partial charge in [0.05, 0.1) is 10.7 Å². The average molecular weight is 266 g/mol. The third-order valence-electron chi connectivity index (χ3n) is 2.70. The Morgan fingerprint density at radius 3 is 2.94 bits per heavy atom. The smallest absolute Gasteiger partial charge is 0.0697 e. The Hall–Kier alpha value is -1.52. The van der Waals surface area contributed by atoms with Gasteiger partial charge < -0.3 is 10.5 Å². The summed E-state index contributed by atoms with van der Waals surface area (Å²) in [6, 6.07) is 7.46. The van der Waals surface area contributed by atoms with Crippen molar-refractivity contribution in [3.63, 3.8) is 0 Å². The van der Waals surface area contributed by atoms with Gasteiger partial charge in [0.15, 0.2) is 0 Å². The fraction of sp³-hybridized carbons (Fsp3) is 0.308. The lowest BCUT2D eigenvalue weighted by molar-refractivity contribution is 0.189. The first kappa shape index (κ1) is 12.9. The van der Waals surface area contributed by atoms with Crippen molar-refractivity contribution in [3.8, 4) is 11.3 Å². The van der Waals surface area contributed by atoms with Crippen LogP contribution < -0.4 is 5.73 Å². The van der Waals surface area contributed by atoms with Crippen LogP contribution in [0.3, 0.4) is 0 Å². The largest absolute Gasteiger partial charge is 0.399 e. The zero-order valence-electron chi connectivity index (χ0n) is 10.3. The third kappa shape index (κ3) is 2.83. The maximum atomic E-state index is 6.21. The molecular formula is C13H16ClN3O. The molecule has 0 amide bonds. The molecule has 2 aromatic rings. The molecule has 0 radical (unpaired) electrons. The van der Waals surface area contributed by atoms with Gasteiger partial charge in [-0.1, -0.05) is 11.6 Å². The Bertz CT molecular complexity index is 525. The lowest BCUT2D eigenvalue weighted by atomic mass is 10.1. The van der Waals surface area contributed by atoms with E-state index in [-0.39, 0.29) is 0 Å². The lowest BCUT2D eigenvalue weighted by Gasteiger charge is -2.09. The van der Waals surface area contributed by atoms with Crippen molar-refractivity contribution in [2.24, 2.45) is 0 Å². The van der Waals surface area contributed by atoms with E-state index >= 15 is 0 Å². The molecule has 0 bridgehead atoms. The van der Waals surface area contributed by atoms with Crippen molar-refractivity contribution < 1.29 is 4.74 Å². The first-order valence-electron chi connectivity index (χ1n) is 5.78. The number of aromatic nitrogens is 2. The Labute approximate surface area is 111 Å². The maximum Gasteiger partial charge on any atom is 0.0697 e. The number of benzene rings is 1. The van der Waals surface area contributed by atoms with E-state index in [1.807, 2.05) is 22.9 Å². The molecule has 2 N–H and O–H groups in total. The molecule has 0 aliphatic carbocycles. The summed E-state index contributed by atoms with van der Waals surface area (Å²) in [6.45, 7) is 1.52. The van der Waals surface area contributed by atoms with Crippen LogP contribution in [-0.4, -0.2) is 23.5 Å². The third-order valence-corrected chi connectivity index (χ3v) is 3.02. The highest BCUT2D eigenvalue weighted by Crippen LogP contribution is 2.29. The van der Waals surface area contributed by atoms with Crippen molar-refractivity contribution in [2.75, 3.05) is 19.5 Å². The minimum absolute atomic E-state index is 0.642. The molecule has 0 unspecified atom stereocenters. The van der Waals surface area contributed by atoms with E-state index in [1.165, 1.54) is 0 Å². The molecule has 1 aromatic heterocycles. The van der Waals surface area contributed by atoms with Gasteiger partial charge in [-0.05, 0) is 30.7 Å². The van der Waals surface area contributed by atoms with Crippen LogP contribution in [0.25, 0.3) is 11.3 Å². The number of halogens is 1. The number of nitrogens with two attached hydrogens (primary N) is 1. The number of hydrogen-bond donors (Lipinski definition) is 1. The van der Waals surface area contributed by atoms with E-state index in [4.69, 9.17) is 22.1 Å². The molecule has 0 saturated carbocycles. The van der Waals surface area contributed by atoms with Crippen LogP contribution in [0.5, 0.6) is 0 Å². The predicted octanol–water partition coefficient (Wildman–Crippen LogP) is 2.82. The van der Waals surface area contributed by atoms with Gasteiger partial charge in [0.25, 0.3) is 0 Å². The minimum Gasteiger partial charge on any atom is -0.399 e. The molecule has 1 aromatic carbocycles. The summed E-state index contributed by atoms with van der Waals surface area (Å²) in [7, 11) is 1.70. The molecule has 96 valence electrons. The molecule has 0 atom stereocenters. The zero-order chi connectivity index (χ0) is 13.0. The van der Waals surface area contributed by atoms with Gasteiger partial charge in [-0.3, -0.25) is 4.68 Å². The standard InChI is InChI=1S/C13H16ClN3O/c1-18-8-2-7-17-13(5-6-16-17)11-4-3-10(15)9-12(11)14/h3-6,9H,2,7-8,15H2,1H3. The number of anilines is 1. The molecule has 1 heterocycles. The number of nitrogen functional groups attached to an aromatic ring is 1. The summed E-state index contributed by atoms with van der Waals surface area (Å²) in [5.74, 6) is 0. The van der Waals surface area contributed by atoms with Crippen LogP contribution in [0, 0.1) is 0 Å². The van der Waals surface area contributed by atoms with Crippen LogP contribution in [-0.2, 0) is 11.3 Å². The van der Waals surface area contributed by atoms with Crippen molar-refractivity contribution in [3.05, 3.63) is 35.5 Å². The summed E-state index contributed by atoms with van der Waals surface area (Å²) in [5.41, 5.74) is 8.30. The molecule has 0 aliphatic rings. The van der Waals surface area contributed by atoms with Gasteiger partial charge in [-0.15, -0.1) is 0 Å². The Morgan fingerprint density at radius 1 is 1.39 bits per heavy atom. The summed E-state index contributed by atoms with van der Waals surface area (Å²) >= 11 is 6.21. The number of methoxy groups -OCH3 is 1. The van der Waals surface area contributed by atoms with Crippen LogP contribution in [0.15, 0.2) is 30.5 Å². The fourth-order valence-electron chi connectivity index (χ4n) is 1.84. The number of aryl methyl sites for hydroxylation is 1. The minimum atomic E-state index is 0.642. The van der Waals surface area contributed by atoms with E-state index in [0.717, 1.165) is 30.8 Å². The first-order chi connectivity index (χ1) is 8.72. The molecular weight excluding hydrogens is 250 g/mol. The van der Waals surface area contributed by atoms with E-state index in [1.54, 1.807) is 19.4 Å². The molecule has 5 heteroatoms. The molecule has 0 aliphatic heterocycles. The van der Waals surface area contributed by atoms with Crippen molar-refractivity contribution in [1.29, 1.82) is 0 Å². The van der Waals surface area contributed by atoms with Gasteiger partial charge >= 0.3 is 0 Å². The van der Waals surface area contributed by atoms with E-state index in [0.29, 0.717) is 10.7 Å². The van der Waals surface area contributed by atoms with Gasteiger partial charge in [0.1, 0.15) is 0 Å². The second kappa shape index (κ2) is 5.89. The lowest BCUT2D eigenvalue weighted by Crippen LogP contribution is -2.05. The highest BCUT2D eigenvalue weighted by Gasteiger charge is 2.09. The monoisotopic (exact) mass is 265 g/mol. The van der Waals surface area contributed by atoms with E-state index in [2.05, 4.69) is 5.10 Å². The van der Waals surface area contributed by atoms with Crippen molar-refractivity contribution >= 4 is 17.3 Å². The quantitative estimate of drug-likeness (QED) is 0.668. The number of nitrogens with zero attached hydrogens (tertiary/aromatic N) is 2. The van der Waals surface area contributed by atoms with Gasteiger partial charge in [0, 0.05) is 37.7 Å². The topological polar surface area (TPSA) is 53.1 Å². The number of hydrogen-bond acceptors (Lipinski definition) is 3. The van der Waals surface area contributed by atoms with Crippen LogP contribution in [0.2, 0.25) is 5.02 Å². The molecule has 2 rings (SSSR count). The van der Waals surface area contributed by atoms with Gasteiger partial charge in [-0.25, -0.2) is 0 Å². The van der Waals surface area contributed by atoms with E-state index in [9.17, 15) is 0 Å². The second-order valence-corrected chi connectivity index (χ2v) is 4.43. The molecule has 0 fully saturated rings. The van der Waals surface area contributed by atoms with Crippen molar-refractivity contribution in [2.45, 2.75) is 13.0 Å². The highest BCUT2D eigenvalue weighted by atomic mass is 35.5. The summed E-state index contributed by atoms with van der Waals surface area (Å²) in [4.78, 5) is 0. The summed E-state index contributed by atoms with van der Waals surface area (Å²) in [5, 5.41) is 4.94. The number of ether oxygens (including phenoxy) is 1. The van der Waals surface area contributed by atoms with E-state index < -0.39 is 0 Å². The Morgan fingerprint density at radius 2 is 2.22 bits per heavy atom. The zero-order valence-corrected chi connectivity index (χ0v) is 11.0. The van der Waals surface area contributed by atoms with Gasteiger partial charge in [-0.2, -0.15) is 5.10 Å². The molecule has 0 saturated heterocycles. The van der Waals surface area contributed by atoms with Crippen LogP contribution >= 0.6 is 11.6 Å². The van der Waals surface area contributed by atoms with Gasteiger partial charge in [0.2, 0.25) is 0 Å². The Balaban J connectivity index is 2.25. The Kier molecular flexibility index (Phi) is 4.23. The predicted molar refractivity (Wildman–Crippen MR) is 73.6 cm³/mol. The number of rotatable bonds is 5. The summed E-state index contributed by atoms with van der Waals surface area (Å²) in [6.07, 6.45) is 2.69. The van der Waals surface area contributed by atoms with Crippen LogP contribution in [0.4, 0.5) is 5.69 Å².